The first kappa shape index (κ1) is 17.2. The van der Waals surface area contributed by atoms with Gasteiger partial charge in [-0.1, -0.05) is 0 Å². The zero-order chi connectivity index (χ0) is 14.7. The summed E-state index contributed by atoms with van der Waals surface area (Å²) in [5.74, 6) is -0.976. The van der Waals surface area contributed by atoms with Gasteiger partial charge in [-0.05, 0) is 27.8 Å². The van der Waals surface area contributed by atoms with Crippen molar-refractivity contribution in [1.82, 2.24) is 9.62 Å². The smallest absolute Gasteiger partial charge is 0.287 e. The molecule has 0 rings (SSSR count). The molecule has 108 valence electrons. The molecule has 0 aliphatic rings. The number of hydrogen-bond acceptors (Lipinski definition) is 4. The van der Waals surface area contributed by atoms with E-state index in [1.807, 2.05) is 0 Å². The van der Waals surface area contributed by atoms with Crippen molar-refractivity contribution >= 4 is 15.9 Å². The number of nitrogens with zero attached hydrogens (tertiary/aromatic N) is 1. The van der Waals surface area contributed by atoms with Crippen molar-refractivity contribution in [2.45, 2.75) is 38.2 Å². The molecule has 0 aliphatic heterocycles. The third kappa shape index (κ3) is 5.67. The molecule has 1 N–H and O–H groups in total. The van der Waals surface area contributed by atoms with Crippen molar-refractivity contribution in [2.24, 2.45) is 0 Å². The Morgan fingerprint density at radius 1 is 1.28 bits per heavy atom. The van der Waals surface area contributed by atoms with Gasteiger partial charge in [0.25, 0.3) is 0 Å². The van der Waals surface area contributed by atoms with Crippen molar-refractivity contribution in [2.75, 3.05) is 13.6 Å². The number of alkyl halides is 3. The molecule has 0 aromatic carbocycles. The second-order valence-electron chi connectivity index (χ2n) is 4.27. The lowest BCUT2D eigenvalue weighted by atomic mass is 10.3. The Hall–Kier alpha value is -0.830. The highest BCUT2D eigenvalue weighted by Crippen LogP contribution is 2.16. The van der Waals surface area contributed by atoms with Crippen molar-refractivity contribution in [1.29, 1.82) is 0 Å². The summed E-state index contributed by atoms with van der Waals surface area (Å²) in [6, 6.07) is -1.19. The molecule has 1 atom stereocenters. The molecular weight excluding hydrogens is 273 g/mol. The van der Waals surface area contributed by atoms with Crippen LogP contribution in [-0.2, 0) is 14.8 Å². The van der Waals surface area contributed by atoms with E-state index in [-0.39, 0.29) is 0 Å². The quantitative estimate of drug-likeness (QED) is 0.810. The molecule has 0 aromatic rings. The van der Waals surface area contributed by atoms with Crippen LogP contribution in [0.1, 0.15) is 20.8 Å². The van der Waals surface area contributed by atoms with E-state index in [2.05, 4.69) is 0 Å². The first-order valence-corrected chi connectivity index (χ1v) is 6.74. The van der Waals surface area contributed by atoms with Gasteiger partial charge in [0.2, 0.25) is 15.9 Å². The van der Waals surface area contributed by atoms with E-state index in [4.69, 9.17) is 0 Å². The number of halogens is 3. The third-order valence-electron chi connectivity index (χ3n) is 2.33. The number of carbonyl (C=O) groups excluding carboxylic acids is 1. The van der Waals surface area contributed by atoms with Crippen molar-refractivity contribution in [3.63, 3.8) is 0 Å². The topological polar surface area (TPSA) is 66.5 Å². The van der Waals surface area contributed by atoms with E-state index in [1.165, 1.54) is 20.8 Å². The molecule has 0 fully saturated rings. The lowest BCUT2D eigenvalue weighted by Crippen LogP contribution is -2.49. The molecule has 9 heteroatoms. The molecule has 0 unspecified atom stereocenters. The highest BCUT2D eigenvalue weighted by molar-refractivity contribution is 7.90. The Morgan fingerprint density at radius 2 is 1.72 bits per heavy atom. The fourth-order valence-electron chi connectivity index (χ4n) is 0.963. The van der Waals surface area contributed by atoms with Gasteiger partial charge in [-0.15, -0.1) is 0 Å². The van der Waals surface area contributed by atoms with Crippen LogP contribution in [0.2, 0.25) is 0 Å². The third-order valence-corrected chi connectivity index (χ3v) is 4.06. The molecule has 1 amide bonds. The minimum atomic E-state index is -4.44. The van der Waals surface area contributed by atoms with Crippen LogP contribution in [0.5, 0.6) is 0 Å². The molecule has 0 spiro atoms. The lowest BCUT2D eigenvalue weighted by Gasteiger charge is -2.24. The van der Waals surface area contributed by atoms with Gasteiger partial charge < -0.3 is 0 Å². The van der Waals surface area contributed by atoms with E-state index in [9.17, 15) is 26.4 Å². The Morgan fingerprint density at radius 3 is 2.06 bits per heavy atom. The molecular formula is C9H17F3N2O3S. The van der Waals surface area contributed by atoms with Crippen LogP contribution < -0.4 is 4.72 Å². The van der Waals surface area contributed by atoms with Crippen LogP contribution in [0, 0.1) is 0 Å². The fourth-order valence-corrected chi connectivity index (χ4v) is 1.65. The fraction of sp³-hybridized carbons (Fsp3) is 0.889. The van der Waals surface area contributed by atoms with Crippen molar-refractivity contribution in [3.05, 3.63) is 0 Å². The van der Waals surface area contributed by atoms with E-state index in [1.54, 1.807) is 4.72 Å². The summed E-state index contributed by atoms with van der Waals surface area (Å²) < 4.78 is 60.8. The Kier molecular flexibility index (Phi) is 5.60. The maximum atomic E-state index is 12.1. The second kappa shape index (κ2) is 5.87. The molecule has 18 heavy (non-hydrogen) atoms. The van der Waals surface area contributed by atoms with Gasteiger partial charge in [0.05, 0.1) is 17.8 Å². The molecule has 0 aromatic heterocycles. The van der Waals surface area contributed by atoms with Gasteiger partial charge in [-0.3, -0.25) is 14.4 Å². The van der Waals surface area contributed by atoms with Crippen LogP contribution in [0.3, 0.4) is 0 Å². The summed E-state index contributed by atoms with van der Waals surface area (Å²) in [6.45, 7) is 2.64. The maximum Gasteiger partial charge on any atom is 0.401 e. The molecule has 0 radical (unpaired) electrons. The molecule has 0 saturated carbocycles. The standard InChI is InChI=1S/C9H17F3N2O3S/c1-6(2)18(16,17)13-8(15)7(3)14(4)5-9(10,11)12/h6-7H,5H2,1-4H3,(H,13,15)/t7-/m1/s1. The summed E-state index contributed by atoms with van der Waals surface area (Å²) in [4.78, 5) is 12.2. The number of sulfonamides is 1. The van der Waals surface area contributed by atoms with Crippen LogP contribution in [-0.4, -0.2) is 50.3 Å². The predicted octanol–water partition coefficient (Wildman–Crippen LogP) is 0.723. The number of rotatable bonds is 5. The highest BCUT2D eigenvalue weighted by atomic mass is 32.2. The first-order valence-electron chi connectivity index (χ1n) is 5.19. The summed E-state index contributed by atoms with van der Waals surface area (Å²) in [5, 5.41) is -0.832. The summed E-state index contributed by atoms with van der Waals surface area (Å²) in [5.41, 5.74) is 0. The Bertz CT molecular complexity index is 392. The largest absolute Gasteiger partial charge is 0.401 e. The monoisotopic (exact) mass is 290 g/mol. The van der Waals surface area contributed by atoms with E-state index >= 15 is 0 Å². The van der Waals surface area contributed by atoms with E-state index in [0.29, 0.717) is 0 Å². The number of amides is 1. The number of carbonyl (C=O) groups is 1. The van der Waals surface area contributed by atoms with Gasteiger partial charge in [-0.25, -0.2) is 8.42 Å². The number of nitrogens with one attached hydrogen (secondary N) is 1. The average Bonchev–Trinajstić information content (AvgIpc) is 2.12. The zero-order valence-corrected chi connectivity index (χ0v) is 11.4. The average molecular weight is 290 g/mol. The maximum absolute atomic E-state index is 12.1. The zero-order valence-electron chi connectivity index (χ0n) is 10.6. The molecule has 0 saturated heterocycles. The minimum Gasteiger partial charge on any atom is -0.287 e. The summed E-state index contributed by atoms with van der Waals surface area (Å²) >= 11 is 0. The van der Waals surface area contributed by atoms with E-state index in [0.717, 1.165) is 11.9 Å². The summed E-state index contributed by atoms with van der Waals surface area (Å²) in [6.07, 6.45) is -4.44. The highest BCUT2D eigenvalue weighted by Gasteiger charge is 2.33. The van der Waals surface area contributed by atoms with Crippen LogP contribution >= 0.6 is 0 Å². The molecule has 0 heterocycles. The minimum absolute atomic E-state index is 0.727. The van der Waals surface area contributed by atoms with Crippen LogP contribution in [0.25, 0.3) is 0 Å². The van der Waals surface area contributed by atoms with Crippen LogP contribution in [0.4, 0.5) is 13.2 Å². The molecule has 5 nitrogen and oxygen atoms in total. The van der Waals surface area contributed by atoms with Gasteiger partial charge in [-0.2, -0.15) is 13.2 Å². The Balaban J connectivity index is 4.63. The predicted molar refractivity (Wildman–Crippen MR) is 60.3 cm³/mol. The SMILES string of the molecule is CC(C)S(=O)(=O)NC(=O)[C@@H](C)N(C)CC(F)(F)F. The van der Waals surface area contributed by atoms with E-state index < -0.39 is 39.9 Å². The van der Waals surface area contributed by atoms with Gasteiger partial charge in [0.15, 0.2) is 0 Å². The van der Waals surface area contributed by atoms with Crippen LogP contribution in [0.15, 0.2) is 0 Å². The Labute approximate surface area is 104 Å². The second-order valence-corrected chi connectivity index (χ2v) is 6.50. The van der Waals surface area contributed by atoms with Crippen molar-refractivity contribution < 1.29 is 26.4 Å². The van der Waals surface area contributed by atoms with Gasteiger partial charge in [0.1, 0.15) is 0 Å². The van der Waals surface area contributed by atoms with Crippen molar-refractivity contribution in [3.8, 4) is 0 Å². The summed E-state index contributed by atoms with van der Waals surface area (Å²) in [7, 11) is -2.73. The van der Waals surface area contributed by atoms with Gasteiger partial charge >= 0.3 is 6.18 Å². The lowest BCUT2D eigenvalue weighted by molar-refractivity contribution is -0.150. The molecule has 0 aliphatic carbocycles. The first-order chi connectivity index (χ1) is 7.87. The number of hydrogen-bond donors (Lipinski definition) is 1. The molecule has 0 bridgehead atoms. The number of likely N-dealkylation sites (N-methyl/N-ethyl adjacent to an activating group) is 1. The normalized spacial score (nSPS) is 14.9. The van der Waals surface area contributed by atoms with Gasteiger partial charge in [0, 0.05) is 0 Å².